The summed E-state index contributed by atoms with van der Waals surface area (Å²) in [5.41, 5.74) is 4.31. The molecule has 0 spiro atoms. The van der Waals surface area contributed by atoms with Crippen molar-refractivity contribution in [3.63, 3.8) is 0 Å². The molecule has 1 N–H and O–H groups in total. The maximum Gasteiger partial charge on any atom is 0.240 e. The smallest absolute Gasteiger partial charge is 0.240 e. The summed E-state index contributed by atoms with van der Waals surface area (Å²) in [7, 11) is 1.62. The topological polar surface area (TPSA) is 85.7 Å². The highest BCUT2D eigenvalue weighted by molar-refractivity contribution is 8.00. The number of aromatic nitrogens is 2. The van der Waals surface area contributed by atoms with Crippen LogP contribution in [0.3, 0.4) is 0 Å². The average molecular weight is 609 g/mol. The molecule has 41 heavy (non-hydrogen) atoms. The van der Waals surface area contributed by atoms with Gasteiger partial charge in [0, 0.05) is 29.3 Å². The number of carbonyl (C=O) groups is 2. The zero-order valence-electron chi connectivity index (χ0n) is 22.4. The summed E-state index contributed by atoms with van der Waals surface area (Å²) in [5.74, 6) is 1.11. The van der Waals surface area contributed by atoms with Gasteiger partial charge >= 0.3 is 0 Å². The van der Waals surface area contributed by atoms with Gasteiger partial charge < -0.3 is 14.8 Å². The molecule has 4 heterocycles. The van der Waals surface area contributed by atoms with Crippen LogP contribution in [0, 0.1) is 0 Å². The first-order chi connectivity index (χ1) is 20.0. The van der Waals surface area contributed by atoms with Gasteiger partial charge in [0.25, 0.3) is 0 Å². The fraction of sp³-hybridized carbons (Fsp3) is 0.300. The highest BCUT2D eigenvalue weighted by Gasteiger charge is 2.38. The average Bonchev–Trinajstić information content (AvgIpc) is 3.77. The summed E-state index contributed by atoms with van der Waals surface area (Å²) < 4.78 is 12.8. The first kappa shape index (κ1) is 27.8. The van der Waals surface area contributed by atoms with Crippen molar-refractivity contribution < 1.29 is 19.1 Å². The molecule has 4 aromatic rings. The lowest BCUT2D eigenvalue weighted by molar-refractivity contribution is -0.123. The van der Waals surface area contributed by atoms with Crippen molar-refractivity contribution in [2.24, 2.45) is 0 Å². The summed E-state index contributed by atoms with van der Waals surface area (Å²) >= 11 is 9.40. The van der Waals surface area contributed by atoms with Crippen LogP contribution in [0.15, 0.2) is 65.4 Å². The molecule has 1 saturated heterocycles. The largest absolute Gasteiger partial charge is 0.497 e. The van der Waals surface area contributed by atoms with E-state index in [2.05, 4.69) is 16.8 Å². The number of carbonyl (C=O) groups excluding carboxylic acids is 2. The van der Waals surface area contributed by atoms with E-state index in [0.717, 1.165) is 40.9 Å². The van der Waals surface area contributed by atoms with Gasteiger partial charge in [-0.1, -0.05) is 23.7 Å². The highest BCUT2D eigenvalue weighted by atomic mass is 35.5. The zero-order chi connectivity index (χ0) is 28.3. The Balaban J connectivity index is 1.50. The Morgan fingerprint density at radius 2 is 1.98 bits per heavy atom. The fourth-order valence-electron chi connectivity index (χ4n) is 5.16. The molecule has 11 heteroatoms. The van der Waals surface area contributed by atoms with Crippen LogP contribution >= 0.6 is 34.7 Å². The van der Waals surface area contributed by atoms with Crippen molar-refractivity contribution in [1.29, 1.82) is 0 Å². The van der Waals surface area contributed by atoms with Crippen molar-refractivity contribution in [2.75, 3.05) is 37.5 Å². The maximum atomic E-state index is 13.8. The molecule has 0 aliphatic carbocycles. The van der Waals surface area contributed by atoms with Gasteiger partial charge in [-0.25, -0.2) is 4.68 Å². The summed E-state index contributed by atoms with van der Waals surface area (Å²) in [4.78, 5) is 28.6. The third kappa shape index (κ3) is 5.88. The van der Waals surface area contributed by atoms with Gasteiger partial charge in [0.2, 0.25) is 11.8 Å². The standard InChI is InChI=1S/C30H29ClN4O4S2/c1-38-23-10-8-22(9-11-23)35-30-27(28(33-35)19-4-6-21(31)7-5-19)29(20-12-14-40-17-20)41-18-26(37)34(30)16-25(36)32-15-24-3-2-13-39-24/h4-12,14,17,24,29H,2-3,13,15-16,18H2,1H3,(H,32,36)/t24-,29+/m0/s1. The lowest BCUT2D eigenvalue weighted by Crippen LogP contribution is -2.44. The number of ether oxygens (including phenoxy) is 2. The molecule has 2 aromatic carbocycles. The predicted molar refractivity (Wildman–Crippen MR) is 164 cm³/mol. The van der Waals surface area contributed by atoms with E-state index in [0.29, 0.717) is 29.7 Å². The second-order valence-electron chi connectivity index (χ2n) is 9.87. The molecule has 2 aliphatic heterocycles. The van der Waals surface area contributed by atoms with Crippen LogP contribution in [0.1, 0.15) is 29.2 Å². The SMILES string of the molecule is COc1ccc(-n2nc(-c3ccc(Cl)cc3)c3c2N(CC(=O)NC[C@@H]2CCCO2)C(=O)CS[C@@H]3c2ccsc2)cc1. The monoisotopic (exact) mass is 608 g/mol. The van der Waals surface area contributed by atoms with Gasteiger partial charge in [-0.2, -0.15) is 16.4 Å². The van der Waals surface area contributed by atoms with Gasteiger partial charge in [0.15, 0.2) is 0 Å². The molecule has 212 valence electrons. The van der Waals surface area contributed by atoms with E-state index >= 15 is 0 Å². The van der Waals surface area contributed by atoms with Crippen LogP contribution in [-0.2, 0) is 14.3 Å². The molecule has 0 unspecified atom stereocenters. The number of fused-ring (bicyclic) bond motifs is 1. The van der Waals surface area contributed by atoms with Gasteiger partial charge in [0.05, 0.1) is 35.6 Å². The van der Waals surface area contributed by atoms with E-state index in [4.69, 9.17) is 26.2 Å². The minimum atomic E-state index is -0.241. The molecule has 2 aromatic heterocycles. The number of rotatable bonds is 8. The number of methoxy groups -OCH3 is 1. The van der Waals surface area contributed by atoms with Crippen LogP contribution < -0.4 is 15.0 Å². The molecular formula is C30H29ClN4O4S2. The lowest BCUT2D eigenvalue weighted by atomic mass is 10.0. The maximum absolute atomic E-state index is 13.8. The molecule has 2 atom stereocenters. The van der Waals surface area contributed by atoms with Crippen molar-refractivity contribution in [3.05, 3.63) is 81.5 Å². The van der Waals surface area contributed by atoms with Crippen molar-refractivity contribution >= 4 is 52.3 Å². The number of amides is 2. The van der Waals surface area contributed by atoms with Crippen molar-refractivity contribution in [1.82, 2.24) is 15.1 Å². The second kappa shape index (κ2) is 12.3. The number of hydrogen-bond acceptors (Lipinski definition) is 7. The van der Waals surface area contributed by atoms with E-state index < -0.39 is 0 Å². The molecule has 0 radical (unpaired) electrons. The van der Waals surface area contributed by atoms with Gasteiger partial charge in [-0.3, -0.25) is 14.5 Å². The first-order valence-electron chi connectivity index (χ1n) is 13.4. The molecule has 2 amide bonds. The number of nitrogens with one attached hydrogen (secondary N) is 1. The number of thioether (sulfide) groups is 1. The van der Waals surface area contributed by atoms with E-state index in [1.165, 1.54) is 0 Å². The van der Waals surface area contributed by atoms with Crippen LogP contribution in [0.5, 0.6) is 5.75 Å². The number of halogens is 1. The number of anilines is 1. The van der Waals surface area contributed by atoms with Gasteiger partial charge in [-0.15, -0.1) is 11.8 Å². The molecule has 8 nitrogen and oxygen atoms in total. The zero-order valence-corrected chi connectivity index (χ0v) is 24.8. The van der Waals surface area contributed by atoms with E-state index in [-0.39, 0.29) is 35.5 Å². The van der Waals surface area contributed by atoms with Crippen LogP contribution in [0.4, 0.5) is 5.82 Å². The summed E-state index contributed by atoms with van der Waals surface area (Å²) in [6, 6.07) is 17.1. The van der Waals surface area contributed by atoms with E-state index in [1.54, 1.807) is 39.8 Å². The Morgan fingerprint density at radius 1 is 1.17 bits per heavy atom. The number of hydrogen-bond donors (Lipinski definition) is 1. The Morgan fingerprint density at radius 3 is 2.66 bits per heavy atom. The number of thiophene rings is 1. The minimum absolute atomic E-state index is 0.00853. The highest BCUT2D eigenvalue weighted by Crippen LogP contribution is 2.49. The Bertz CT molecular complexity index is 1520. The molecular weight excluding hydrogens is 580 g/mol. The number of nitrogens with zero attached hydrogens (tertiary/aromatic N) is 3. The van der Waals surface area contributed by atoms with Crippen LogP contribution in [0.25, 0.3) is 16.9 Å². The van der Waals surface area contributed by atoms with Gasteiger partial charge in [-0.05, 0) is 71.6 Å². The second-order valence-corrected chi connectivity index (χ2v) is 12.2. The van der Waals surface area contributed by atoms with E-state index in [9.17, 15) is 9.59 Å². The number of benzene rings is 2. The third-order valence-corrected chi connectivity index (χ3v) is 9.43. The fourth-order valence-corrected chi connectivity index (χ4v) is 7.25. The quantitative estimate of drug-likeness (QED) is 0.275. The first-order valence-corrected chi connectivity index (χ1v) is 15.7. The summed E-state index contributed by atoms with van der Waals surface area (Å²) in [6.45, 7) is 1.01. The van der Waals surface area contributed by atoms with Crippen molar-refractivity contribution in [3.8, 4) is 22.7 Å². The minimum Gasteiger partial charge on any atom is -0.497 e. The van der Waals surface area contributed by atoms with Gasteiger partial charge in [0.1, 0.15) is 18.1 Å². The Kier molecular flexibility index (Phi) is 8.34. The molecule has 0 bridgehead atoms. The normalized spacial score (nSPS) is 18.7. The molecule has 2 aliphatic rings. The van der Waals surface area contributed by atoms with Crippen molar-refractivity contribution in [2.45, 2.75) is 24.2 Å². The van der Waals surface area contributed by atoms with Crippen LogP contribution in [-0.4, -0.2) is 60.3 Å². The molecule has 1 fully saturated rings. The van der Waals surface area contributed by atoms with Crippen LogP contribution in [0.2, 0.25) is 5.02 Å². The summed E-state index contributed by atoms with van der Waals surface area (Å²) in [5, 5.41) is 12.7. The lowest BCUT2D eigenvalue weighted by Gasteiger charge is -2.23. The molecule has 6 rings (SSSR count). The third-order valence-electron chi connectivity index (χ3n) is 7.22. The molecule has 0 saturated carbocycles. The van der Waals surface area contributed by atoms with E-state index in [1.807, 2.05) is 53.9 Å². The summed E-state index contributed by atoms with van der Waals surface area (Å²) in [6.07, 6.45) is 1.92. The predicted octanol–water partition coefficient (Wildman–Crippen LogP) is 5.73. The Hall–Kier alpha value is -3.31. The Labute approximate surface area is 251 Å².